The molecule has 1 saturated carbocycles. The van der Waals surface area contributed by atoms with Gasteiger partial charge in [-0.25, -0.2) is 9.97 Å². The smallest absolute Gasteiger partial charge is 0.190 e. The van der Waals surface area contributed by atoms with Gasteiger partial charge in [0.2, 0.25) is 0 Å². The third-order valence-corrected chi connectivity index (χ3v) is 6.79. The molecule has 3 aromatic heterocycles. The molecule has 164 valence electrons. The molecule has 1 aromatic carbocycles. The van der Waals surface area contributed by atoms with Gasteiger partial charge in [0.25, 0.3) is 0 Å². The van der Waals surface area contributed by atoms with Gasteiger partial charge in [-0.05, 0) is 50.3 Å². The fourth-order valence-electron chi connectivity index (χ4n) is 4.01. The number of pyridine rings is 1. The van der Waals surface area contributed by atoms with Crippen molar-refractivity contribution in [1.29, 1.82) is 0 Å². The largest absolute Gasteiger partial charge is 0.489 e. The van der Waals surface area contributed by atoms with E-state index < -0.39 is 0 Å². The Bertz CT molecular complexity index is 1150. The number of aryl methyl sites for hydroxylation is 1. The van der Waals surface area contributed by atoms with Crippen molar-refractivity contribution in [3.8, 4) is 27.6 Å². The summed E-state index contributed by atoms with van der Waals surface area (Å²) in [5.41, 5.74) is 3.74. The van der Waals surface area contributed by atoms with Crippen LogP contribution in [0.25, 0.3) is 21.9 Å². The van der Waals surface area contributed by atoms with Gasteiger partial charge in [0.1, 0.15) is 11.4 Å². The molecule has 0 spiro atoms. The Labute approximate surface area is 191 Å². The number of benzene rings is 1. The molecule has 7 heteroatoms. The normalized spacial score (nSPS) is 14.4. The van der Waals surface area contributed by atoms with Crippen LogP contribution in [-0.2, 0) is 6.54 Å². The van der Waals surface area contributed by atoms with Crippen molar-refractivity contribution in [1.82, 2.24) is 15.1 Å². The molecule has 0 amide bonds. The fourth-order valence-corrected chi connectivity index (χ4v) is 4.83. The molecule has 0 unspecified atom stereocenters. The molecule has 0 bridgehead atoms. The molecule has 1 aliphatic rings. The average molecular weight is 447 g/mol. The molecule has 4 aromatic rings. The predicted octanol–water partition coefficient (Wildman–Crippen LogP) is 6.49. The van der Waals surface area contributed by atoms with E-state index in [4.69, 9.17) is 9.26 Å². The molecule has 32 heavy (non-hydrogen) atoms. The minimum atomic E-state index is 0.308. The summed E-state index contributed by atoms with van der Waals surface area (Å²) in [4.78, 5) is 10.2. The van der Waals surface area contributed by atoms with E-state index in [-0.39, 0.29) is 0 Å². The quantitative estimate of drug-likeness (QED) is 0.350. The van der Waals surface area contributed by atoms with Crippen LogP contribution in [0.4, 0.5) is 5.13 Å². The molecule has 0 atom stereocenters. The standard InChI is InChI=1S/C25H26N4O2S/c1-17-21(15-27-25-28-16-23(32-25)18-8-4-2-5-9-18)24(31-29-17)22-13-12-20(14-26-22)30-19-10-6-3-7-11-19/h2,4-5,8-9,12-14,16,19H,3,6-7,10-11,15H2,1H3,(H,27,28). The summed E-state index contributed by atoms with van der Waals surface area (Å²) >= 11 is 1.63. The minimum Gasteiger partial charge on any atom is -0.489 e. The Morgan fingerprint density at radius 3 is 2.66 bits per heavy atom. The summed E-state index contributed by atoms with van der Waals surface area (Å²) in [7, 11) is 0. The van der Waals surface area contributed by atoms with Crippen molar-refractivity contribution in [3.05, 3.63) is 66.1 Å². The van der Waals surface area contributed by atoms with Gasteiger partial charge in [0.05, 0.1) is 22.9 Å². The number of thiazole rings is 1. The van der Waals surface area contributed by atoms with Crippen molar-refractivity contribution >= 4 is 16.5 Å². The van der Waals surface area contributed by atoms with Gasteiger partial charge in [-0.2, -0.15) is 0 Å². The number of aromatic nitrogens is 3. The maximum Gasteiger partial charge on any atom is 0.190 e. The molecule has 0 radical (unpaired) electrons. The maximum atomic E-state index is 6.10. The van der Waals surface area contributed by atoms with Crippen molar-refractivity contribution < 1.29 is 9.26 Å². The monoisotopic (exact) mass is 446 g/mol. The zero-order valence-electron chi connectivity index (χ0n) is 18.1. The van der Waals surface area contributed by atoms with Crippen LogP contribution in [0.1, 0.15) is 43.4 Å². The van der Waals surface area contributed by atoms with Crippen LogP contribution in [0.2, 0.25) is 0 Å². The van der Waals surface area contributed by atoms with E-state index in [1.165, 1.54) is 24.8 Å². The first-order valence-corrected chi connectivity index (χ1v) is 11.9. The average Bonchev–Trinajstić information content (AvgIpc) is 3.46. The summed E-state index contributed by atoms with van der Waals surface area (Å²) in [6, 6.07) is 14.2. The van der Waals surface area contributed by atoms with E-state index in [2.05, 4.69) is 32.6 Å². The predicted molar refractivity (Wildman–Crippen MR) is 127 cm³/mol. The van der Waals surface area contributed by atoms with Gasteiger partial charge in [0, 0.05) is 18.3 Å². The first kappa shape index (κ1) is 20.7. The number of anilines is 1. The van der Waals surface area contributed by atoms with Crippen LogP contribution < -0.4 is 10.1 Å². The first-order chi connectivity index (χ1) is 15.8. The number of hydrogen-bond acceptors (Lipinski definition) is 7. The van der Waals surface area contributed by atoms with Crippen molar-refractivity contribution in [2.75, 3.05) is 5.32 Å². The van der Waals surface area contributed by atoms with E-state index >= 15 is 0 Å². The number of nitrogens with one attached hydrogen (secondary N) is 1. The SMILES string of the molecule is Cc1noc(-c2ccc(OC3CCCCC3)cn2)c1CNc1ncc(-c2ccccc2)s1. The third kappa shape index (κ3) is 4.67. The van der Waals surface area contributed by atoms with Crippen LogP contribution in [0, 0.1) is 6.92 Å². The number of rotatable bonds is 7. The van der Waals surface area contributed by atoms with Crippen LogP contribution >= 0.6 is 11.3 Å². The topological polar surface area (TPSA) is 73.1 Å². The van der Waals surface area contributed by atoms with Crippen molar-refractivity contribution in [2.45, 2.75) is 51.7 Å². The van der Waals surface area contributed by atoms with Crippen LogP contribution in [0.15, 0.2) is 59.4 Å². The maximum absolute atomic E-state index is 6.10. The zero-order valence-corrected chi connectivity index (χ0v) is 18.9. The van der Waals surface area contributed by atoms with Gasteiger partial charge in [0.15, 0.2) is 10.9 Å². The lowest BCUT2D eigenvalue weighted by Gasteiger charge is -2.22. The van der Waals surface area contributed by atoms with Gasteiger partial charge in [-0.1, -0.05) is 53.2 Å². The lowest BCUT2D eigenvalue weighted by molar-refractivity contribution is 0.154. The molecular formula is C25H26N4O2S. The summed E-state index contributed by atoms with van der Waals surface area (Å²) < 4.78 is 11.7. The number of nitrogens with zero attached hydrogens (tertiary/aromatic N) is 3. The van der Waals surface area contributed by atoms with Gasteiger partial charge < -0.3 is 14.6 Å². The molecule has 6 nitrogen and oxygen atoms in total. The first-order valence-electron chi connectivity index (χ1n) is 11.1. The molecule has 5 rings (SSSR count). The van der Waals surface area contributed by atoms with E-state index in [0.717, 1.165) is 45.6 Å². The Morgan fingerprint density at radius 2 is 1.88 bits per heavy atom. The highest BCUT2D eigenvalue weighted by atomic mass is 32.1. The summed E-state index contributed by atoms with van der Waals surface area (Å²) in [6.45, 7) is 2.51. The highest BCUT2D eigenvalue weighted by molar-refractivity contribution is 7.18. The summed E-state index contributed by atoms with van der Waals surface area (Å²) in [5, 5.41) is 8.44. The van der Waals surface area contributed by atoms with E-state index in [1.54, 1.807) is 17.5 Å². The number of hydrogen-bond donors (Lipinski definition) is 1. The second-order valence-corrected chi connectivity index (χ2v) is 9.11. The van der Waals surface area contributed by atoms with Gasteiger partial charge >= 0.3 is 0 Å². The molecule has 3 heterocycles. The summed E-state index contributed by atoms with van der Waals surface area (Å²) in [5.74, 6) is 1.49. The molecule has 0 aliphatic heterocycles. The Balaban J connectivity index is 1.27. The van der Waals surface area contributed by atoms with Crippen molar-refractivity contribution in [2.24, 2.45) is 0 Å². The highest BCUT2D eigenvalue weighted by Crippen LogP contribution is 2.31. The van der Waals surface area contributed by atoms with Crippen LogP contribution in [0.3, 0.4) is 0 Å². The van der Waals surface area contributed by atoms with E-state index in [9.17, 15) is 0 Å². The Kier molecular flexibility index (Phi) is 6.16. The minimum absolute atomic E-state index is 0.308. The van der Waals surface area contributed by atoms with Crippen LogP contribution in [-0.4, -0.2) is 21.2 Å². The molecule has 1 aliphatic carbocycles. The van der Waals surface area contributed by atoms with Crippen molar-refractivity contribution in [3.63, 3.8) is 0 Å². The molecule has 1 fully saturated rings. The van der Waals surface area contributed by atoms with E-state index in [1.807, 2.05) is 43.5 Å². The highest BCUT2D eigenvalue weighted by Gasteiger charge is 2.18. The van der Waals surface area contributed by atoms with Crippen LogP contribution in [0.5, 0.6) is 5.75 Å². The second-order valence-electron chi connectivity index (χ2n) is 8.08. The van der Waals surface area contributed by atoms with Gasteiger partial charge in [-0.15, -0.1) is 0 Å². The molecule has 0 saturated heterocycles. The molecular weight excluding hydrogens is 420 g/mol. The summed E-state index contributed by atoms with van der Waals surface area (Å²) in [6.07, 6.45) is 10.0. The van der Waals surface area contributed by atoms with Gasteiger partial charge in [-0.3, -0.25) is 0 Å². The second kappa shape index (κ2) is 9.53. The molecule has 1 N–H and O–H groups in total. The fraction of sp³-hybridized carbons (Fsp3) is 0.320. The lowest BCUT2D eigenvalue weighted by atomic mass is 9.98. The lowest BCUT2D eigenvalue weighted by Crippen LogP contribution is -2.19. The van der Waals surface area contributed by atoms with E-state index in [0.29, 0.717) is 18.4 Å². The zero-order chi connectivity index (χ0) is 21.8. The Hall–Kier alpha value is -3.19. The number of ether oxygens (including phenoxy) is 1. The third-order valence-electron chi connectivity index (χ3n) is 5.79. The Morgan fingerprint density at radius 1 is 1.03 bits per heavy atom.